The molecule has 2 rings (SSSR count). The van der Waals surface area contributed by atoms with E-state index in [1.54, 1.807) is 36.4 Å². The van der Waals surface area contributed by atoms with Crippen LogP contribution in [0.1, 0.15) is 17.3 Å². The highest BCUT2D eigenvalue weighted by molar-refractivity contribution is 6.30. The molecule has 0 aliphatic rings. The van der Waals surface area contributed by atoms with E-state index in [4.69, 9.17) is 11.6 Å². The zero-order valence-corrected chi connectivity index (χ0v) is 11.4. The number of urea groups is 1. The molecule has 0 bridgehead atoms. The number of rotatable bonds is 3. The zero-order valence-electron chi connectivity index (χ0n) is 10.7. The molecule has 0 fully saturated rings. The predicted molar refractivity (Wildman–Crippen MR) is 78.3 cm³/mol. The topological polar surface area (TPSA) is 71.1 Å². The summed E-state index contributed by atoms with van der Waals surface area (Å²) in [4.78, 5) is 26.8. The molecule has 0 spiro atoms. The van der Waals surface area contributed by atoms with Gasteiger partial charge in [-0.1, -0.05) is 11.6 Å². The zero-order chi connectivity index (χ0) is 14.5. The van der Waals surface area contributed by atoms with Crippen molar-refractivity contribution in [1.29, 1.82) is 0 Å². The monoisotopic (exact) mass is 289 g/mol. The smallest absolute Gasteiger partial charge is 0.308 e. The van der Waals surface area contributed by atoms with Crippen molar-refractivity contribution in [3.63, 3.8) is 0 Å². The van der Waals surface area contributed by atoms with Gasteiger partial charge in [0.1, 0.15) is 5.82 Å². The van der Waals surface area contributed by atoms with Crippen molar-refractivity contribution < 1.29 is 9.59 Å². The van der Waals surface area contributed by atoms with Crippen molar-refractivity contribution in [2.75, 3.05) is 10.6 Å². The van der Waals surface area contributed by atoms with E-state index in [0.717, 1.165) is 0 Å². The SMILES string of the molecule is CC(=O)c1ccc(NC(=O)Nc2ccc(Cl)cn2)cc1. The first kappa shape index (κ1) is 14.0. The number of benzene rings is 1. The van der Waals surface area contributed by atoms with Gasteiger partial charge in [-0.3, -0.25) is 10.1 Å². The highest BCUT2D eigenvalue weighted by Crippen LogP contribution is 2.12. The molecule has 5 nitrogen and oxygen atoms in total. The quantitative estimate of drug-likeness (QED) is 0.848. The lowest BCUT2D eigenvalue weighted by atomic mass is 10.1. The first-order valence-electron chi connectivity index (χ1n) is 5.85. The molecule has 1 aromatic heterocycles. The van der Waals surface area contributed by atoms with E-state index in [-0.39, 0.29) is 5.78 Å². The molecule has 6 heteroatoms. The standard InChI is InChI=1S/C14H12ClN3O2/c1-9(19)10-2-5-12(6-3-10)17-14(20)18-13-7-4-11(15)8-16-13/h2-8H,1H3,(H2,16,17,18,20). The maximum Gasteiger partial charge on any atom is 0.324 e. The van der Waals surface area contributed by atoms with E-state index in [1.807, 2.05) is 0 Å². The molecule has 0 atom stereocenters. The first-order valence-corrected chi connectivity index (χ1v) is 6.23. The lowest BCUT2D eigenvalue weighted by Crippen LogP contribution is -2.20. The van der Waals surface area contributed by atoms with Crippen molar-refractivity contribution in [2.24, 2.45) is 0 Å². The van der Waals surface area contributed by atoms with Gasteiger partial charge in [0, 0.05) is 17.4 Å². The molecule has 1 heterocycles. The Morgan fingerprint density at radius 3 is 2.30 bits per heavy atom. The predicted octanol–water partition coefficient (Wildman–Crippen LogP) is 3.58. The van der Waals surface area contributed by atoms with E-state index < -0.39 is 6.03 Å². The number of carbonyl (C=O) groups excluding carboxylic acids is 2. The molecule has 0 aliphatic carbocycles. The van der Waals surface area contributed by atoms with Gasteiger partial charge >= 0.3 is 6.03 Å². The summed E-state index contributed by atoms with van der Waals surface area (Å²) in [6.45, 7) is 1.49. The Kier molecular flexibility index (Phi) is 4.32. The third-order valence-corrected chi connectivity index (χ3v) is 2.74. The number of amides is 2. The average molecular weight is 290 g/mol. The fourth-order valence-electron chi connectivity index (χ4n) is 1.52. The van der Waals surface area contributed by atoms with Crippen LogP contribution in [-0.4, -0.2) is 16.8 Å². The molecule has 2 aromatic rings. The van der Waals surface area contributed by atoms with Crippen molar-refractivity contribution in [3.8, 4) is 0 Å². The number of Topliss-reactive ketones (excluding diaryl/α,β-unsaturated/α-hetero) is 1. The van der Waals surface area contributed by atoms with Gasteiger partial charge in [0.05, 0.1) is 5.02 Å². The van der Waals surface area contributed by atoms with Crippen LogP contribution in [0.4, 0.5) is 16.3 Å². The lowest BCUT2D eigenvalue weighted by Gasteiger charge is -2.07. The number of aromatic nitrogens is 1. The molecule has 1 aromatic carbocycles. The summed E-state index contributed by atoms with van der Waals surface area (Å²) < 4.78 is 0. The van der Waals surface area contributed by atoms with Gasteiger partial charge in [0.2, 0.25) is 0 Å². The van der Waals surface area contributed by atoms with Gasteiger partial charge in [-0.05, 0) is 43.3 Å². The van der Waals surface area contributed by atoms with Crippen LogP contribution in [0.3, 0.4) is 0 Å². The molecule has 0 saturated carbocycles. The minimum absolute atomic E-state index is 0.0219. The number of anilines is 2. The van der Waals surface area contributed by atoms with E-state index in [9.17, 15) is 9.59 Å². The Morgan fingerprint density at radius 1 is 1.05 bits per heavy atom. The number of halogens is 1. The second-order valence-electron chi connectivity index (χ2n) is 4.07. The van der Waals surface area contributed by atoms with Crippen LogP contribution >= 0.6 is 11.6 Å². The third-order valence-electron chi connectivity index (χ3n) is 2.52. The van der Waals surface area contributed by atoms with E-state index in [2.05, 4.69) is 15.6 Å². The van der Waals surface area contributed by atoms with E-state index in [1.165, 1.54) is 13.1 Å². The Labute approximate surface area is 121 Å². The minimum atomic E-state index is -0.421. The summed E-state index contributed by atoms with van der Waals surface area (Å²) in [5.74, 6) is 0.374. The van der Waals surface area contributed by atoms with Crippen LogP contribution in [-0.2, 0) is 0 Å². The Balaban J connectivity index is 1.97. The first-order chi connectivity index (χ1) is 9.54. The third kappa shape index (κ3) is 3.80. The van der Waals surface area contributed by atoms with Gasteiger partial charge in [-0.2, -0.15) is 0 Å². The summed E-state index contributed by atoms with van der Waals surface area (Å²) in [6.07, 6.45) is 1.44. The second kappa shape index (κ2) is 6.16. The van der Waals surface area contributed by atoms with Crippen LogP contribution in [0.2, 0.25) is 5.02 Å². The van der Waals surface area contributed by atoms with E-state index >= 15 is 0 Å². The molecular formula is C14H12ClN3O2. The highest BCUT2D eigenvalue weighted by atomic mass is 35.5. The number of carbonyl (C=O) groups is 2. The Hall–Kier alpha value is -2.40. The minimum Gasteiger partial charge on any atom is -0.308 e. The fourth-order valence-corrected chi connectivity index (χ4v) is 1.63. The molecule has 0 unspecified atom stereocenters. The molecule has 2 N–H and O–H groups in total. The maximum atomic E-state index is 11.7. The van der Waals surface area contributed by atoms with Crippen molar-refractivity contribution in [3.05, 3.63) is 53.2 Å². The maximum absolute atomic E-state index is 11.7. The van der Waals surface area contributed by atoms with Crippen LogP contribution in [0.5, 0.6) is 0 Å². The second-order valence-corrected chi connectivity index (χ2v) is 4.51. The normalized spacial score (nSPS) is 9.90. The number of pyridine rings is 1. The lowest BCUT2D eigenvalue weighted by molar-refractivity contribution is 0.101. The summed E-state index contributed by atoms with van der Waals surface area (Å²) in [5, 5.41) is 5.70. The molecule has 102 valence electrons. The van der Waals surface area contributed by atoms with Gasteiger partial charge in [-0.25, -0.2) is 9.78 Å². The van der Waals surface area contributed by atoms with E-state index in [0.29, 0.717) is 22.1 Å². The summed E-state index contributed by atoms with van der Waals surface area (Å²) in [5.41, 5.74) is 1.18. The summed E-state index contributed by atoms with van der Waals surface area (Å²) in [6, 6.07) is 9.43. The van der Waals surface area contributed by atoms with Crippen molar-refractivity contribution in [1.82, 2.24) is 4.98 Å². The fraction of sp³-hybridized carbons (Fsp3) is 0.0714. The highest BCUT2D eigenvalue weighted by Gasteiger charge is 2.04. The molecule has 20 heavy (non-hydrogen) atoms. The van der Waals surface area contributed by atoms with Crippen LogP contribution < -0.4 is 10.6 Å². The summed E-state index contributed by atoms with van der Waals surface area (Å²) in [7, 11) is 0. The number of hydrogen-bond acceptors (Lipinski definition) is 3. The van der Waals surface area contributed by atoms with Crippen LogP contribution in [0.15, 0.2) is 42.6 Å². The molecular weight excluding hydrogens is 278 g/mol. The number of ketones is 1. The molecule has 2 amide bonds. The van der Waals surface area contributed by atoms with Gasteiger partial charge in [-0.15, -0.1) is 0 Å². The Bertz CT molecular complexity index is 624. The summed E-state index contributed by atoms with van der Waals surface area (Å²) >= 11 is 5.70. The number of nitrogens with one attached hydrogen (secondary N) is 2. The van der Waals surface area contributed by atoms with Crippen molar-refractivity contribution >= 4 is 34.9 Å². The Morgan fingerprint density at radius 2 is 1.75 bits per heavy atom. The van der Waals surface area contributed by atoms with Crippen molar-refractivity contribution in [2.45, 2.75) is 6.92 Å². The molecule has 0 aliphatic heterocycles. The average Bonchev–Trinajstić information content (AvgIpc) is 2.42. The van der Waals surface area contributed by atoms with Crippen LogP contribution in [0, 0.1) is 0 Å². The molecule has 0 saturated heterocycles. The number of hydrogen-bond donors (Lipinski definition) is 2. The largest absolute Gasteiger partial charge is 0.324 e. The van der Waals surface area contributed by atoms with Gasteiger partial charge in [0.25, 0.3) is 0 Å². The van der Waals surface area contributed by atoms with Crippen LogP contribution in [0.25, 0.3) is 0 Å². The van der Waals surface area contributed by atoms with Gasteiger partial charge < -0.3 is 5.32 Å². The van der Waals surface area contributed by atoms with Gasteiger partial charge in [0.15, 0.2) is 5.78 Å². The molecule has 0 radical (unpaired) electrons. The number of nitrogens with zero attached hydrogens (tertiary/aromatic N) is 1.